The number of halogens is 4. The lowest BCUT2D eigenvalue weighted by molar-refractivity contribution is 0.602. The zero-order chi connectivity index (χ0) is 18.2. The second-order valence-corrected chi connectivity index (χ2v) is 9.80. The van der Waals surface area contributed by atoms with Crippen LogP contribution in [0, 0.1) is 0 Å². The topological polar surface area (TPSA) is 64.0 Å². The number of hydrogen-bond donors (Lipinski definition) is 1. The van der Waals surface area contributed by atoms with E-state index in [1.165, 1.54) is 23.0 Å². The fourth-order valence-electron chi connectivity index (χ4n) is 1.99. The third-order valence-corrected chi connectivity index (χ3v) is 7.03. The molecule has 1 aromatic carbocycles. The summed E-state index contributed by atoms with van der Waals surface area (Å²) in [6.07, 6.45) is 1.51. The Hall–Kier alpha value is -0.960. The first-order valence-corrected chi connectivity index (χ1v) is 10.5. The smallest absolute Gasteiger partial charge is 0.265 e. The summed E-state index contributed by atoms with van der Waals surface area (Å²) < 4.78 is 28.9. The Morgan fingerprint density at radius 3 is 2.48 bits per heavy atom. The van der Waals surface area contributed by atoms with E-state index in [9.17, 15) is 8.42 Å². The number of rotatable bonds is 5. The summed E-state index contributed by atoms with van der Waals surface area (Å²) in [5.74, 6) is 0.0243. The zero-order valence-electron chi connectivity index (χ0n) is 12.2. The quantitative estimate of drug-likeness (QED) is 0.558. The molecule has 0 aliphatic carbocycles. The molecule has 2 aromatic heterocycles. The van der Waals surface area contributed by atoms with E-state index in [0.29, 0.717) is 20.9 Å². The molecule has 0 spiro atoms. The van der Waals surface area contributed by atoms with Crippen molar-refractivity contribution in [3.05, 3.63) is 61.5 Å². The lowest BCUT2D eigenvalue weighted by Gasteiger charge is -2.05. The Labute approximate surface area is 168 Å². The van der Waals surface area contributed by atoms with E-state index in [0.717, 1.165) is 16.9 Å². The van der Waals surface area contributed by atoms with Crippen molar-refractivity contribution in [1.82, 2.24) is 9.78 Å². The van der Waals surface area contributed by atoms with Gasteiger partial charge in [-0.25, -0.2) is 8.42 Å². The van der Waals surface area contributed by atoms with E-state index in [4.69, 9.17) is 46.4 Å². The summed E-state index contributed by atoms with van der Waals surface area (Å²) in [5, 5.41) is 5.33. The van der Waals surface area contributed by atoms with Gasteiger partial charge in [-0.05, 0) is 29.8 Å². The van der Waals surface area contributed by atoms with E-state index >= 15 is 0 Å². The molecule has 0 aliphatic heterocycles. The Bertz CT molecular complexity index is 1030. The molecule has 5 nitrogen and oxygen atoms in total. The highest BCUT2D eigenvalue weighted by atomic mass is 35.5. The highest BCUT2D eigenvalue weighted by molar-refractivity contribution is 7.94. The molecule has 0 bridgehead atoms. The molecule has 0 fully saturated rings. The number of nitrogens with zero attached hydrogens (tertiary/aromatic N) is 2. The number of benzene rings is 1. The Morgan fingerprint density at radius 1 is 1.08 bits per heavy atom. The van der Waals surface area contributed by atoms with Gasteiger partial charge in [0.1, 0.15) is 9.23 Å². The van der Waals surface area contributed by atoms with Crippen molar-refractivity contribution in [3.8, 4) is 0 Å². The maximum Gasteiger partial charge on any atom is 0.272 e. The van der Waals surface area contributed by atoms with Crippen molar-refractivity contribution >= 4 is 73.6 Å². The molecular formula is C14H9Cl4N3O2S2. The molecule has 2 heterocycles. The van der Waals surface area contributed by atoms with Gasteiger partial charge >= 0.3 is 0 Å². The zero-order valence-corrected chi connectivity index (χ0v) is 16.9. The molecule has 0 radical (unpaired) electrons. The maximum absolute atomic E-state index is 12.3. The minimum absolute atomic E-state index is 0.0243. The van der Waals surface area contributed by atoms with E-state index in [-0.39, 0.29) is 15.0 Å². The van der Waals surface area contributed by atoms with Crippen molar-refractivity contribution < 1.29 is 8.42 Å². The summed E-state index contributed by atoms with van der Waals surface area (Å²) in [7, 11) is -3.81. The van der Waals surface area contributed by atoms with Gasteiger partial charge in [-0.2, -0.15) is 5.10 Å². The molecule has 11 heteroatoms. The largest absolute Gasteiger partial charge is 0.272 e. The van der Waals surface area contributed by atoms with Gasteiger partial charge in [0.05, 0.1) is 10.9 Å². The summed E-state index contributed by atoms with van der Waals surface area (Å²) in [5.41, 5.74) is 0.768. The third kappa shape index (κ3) is 4.42. The van der Waals surface area contributed by atoms with Crippen molar-refractivity contribution in [2.75, 3.05) is 4.72 Å². The number of thiophene rings is 1. The van der Waals surface area contributed by atoms with Crippen LogP contribution in [0.1, 0.15) is 5.56 Å². The lowest BCUT2D eigenvalue weighted by Crippen LogP contribution is -2.12. The predicted octanol–water partition coefficient (Wildman–Crippen LogP) is 5.41. The average molecular weight is 457 g/mol. The van der Waals surface area contributed by atoms with E-state index in [1.807, 2.05) is 0 Å². The maximum atomic E-state index is 12.3. The van der Waals surface area contributed by atoms with Gasteiger partial charge in [0.15, 0.2) is 5.82 Å². The van der Waals surface area contributed by atoms with Crippen LogP contribution >= 0.6 is 57.7 Å². The molecule has 0 amide bonds. The van der Waals surface area contributed by atoms with Crippen molar-refractivity contribution in [2.24, 2.45) is 0 Å². The SMILES string of the molecule is O=S(=O)(Nc1nn(Cc2ccc(Cl)cc2Cl)cc1Cl)c1ccc(Cl)s1. The third-order valence-electron chi connectivity index (χ3n) is 3.11. The fraction of sp³-hybridized carbons (Fsp3) is 0.0714. The number of aromatic nitrogens is 2. The van der Waals surface area contributed by atoms with Gasteiger partial charge in [-0.1, -0.05) is 52.5 Å². The molecule has 3 rings (SSSR count). The van der Waals surface area contributed by atoms with Crippen LogP contribution in [-0.2, 0) is 16.6 Å². The fourth-order valence-corrected chi connectivity index (χ4v) is 5.21. The molecular weight excluding hydrogens is 448 g/mol. The van der Waals surface area contributed by atoms with Gasteiger partial charge < -0.3 is 0 Å². The molecule has 0 saturated heterocycles. The van der Waals surface area contributed by atoms with Gasteiger partial charge in [-0.15, -0.1) is 11.3 Å². The van der Waals surface area contributed by atoms with E-state index in [2.05, 4.69) is 9.82 Å². The van der Waals surface area contributed by atoms with E-state index in [1.54, 1.807) is 18.2 Å². The molecule has 0 atom stereocenters. The van der Waals surface area contributed by atoms with Gasteiger partial charge in [-0.3, -0.25) is 9.40 Å². The van der Waals surface area contributed by atoms with Crippen LogP contribution in [0.5, 0.6) is 0 Å². The first kappa shape index (κ1) is 18.8. The van der Waals surface area contributed by atoms with Crippen LogP contribution < -0.4 is 4.72 Å². The average Bonchev–Trinajstić information content (AvgIpc) is 3.09. The monoisotopic (exact) mass is 455 g/mol. The molecule has 0 unspecified atom stereocenters. The normalized spacial score (nSPS) is 11.7. The summed E-state index contributed by atoms with van der Waals surface area (Å²) >= 11 is 24.8. The standard InChI is InChI=1S/C14H9Cl4N3O2S2/c15-9-2-1-8(10(16)5-9)6-21-7-11(17)14(19-21)20-25(22,23)13-4-3-12(18)24-13/h1-5,7H,6H2,(H,19,20). The predicted molar refractivity (Wildman–Crippen MR) is 103 cm³/mol. The number of sulfonamides is 1. The minimum Gasteiger partial charge on any atom is -0.265 e. The van der Waals surface area contributed by atoms with Crippen molar-refractivity contribution in [1.29, 1.82) is 0 Å². The van der Waals surface area contributed by atoms with E-state index < -0.39 is 10.0 Å². The molecule has 0 aliphatic rings. The number of hydrogen-bond acceptors (Lipinski definition) is 4. The van der Waals surface area contributed by atoms with Crippen LogP contribution in [0.25, 0.3) is 0 Å². The van der Waals surface area contributed by atoms with Crippen molar-refractivity contribution in [2.45, 2.75) is 10.8 Å². The van der Waals surface area contributed by atoms with Gasteiger partial charge in [0, 0.05) is 16.2 Å². The molecule has 0 saturated carbocycles. The summed E-state index contributed by atoms with van der Waals surface area (Å²) in [6.45, 7) is 0.308. The first-order valence-electron chi connectivity index (χ1n) is 6.69. The molecule has 25 heavy (non-hydrogen) atoms. The molecule has 1 N–H and O–H groups in total. The minimum atomic E-state index is -3.81. The first-order chi connectivity index (χ1) is 11.7. The molecule has 3 aromatic rings. The van der Waals surface area contributed by atoms with Crippen LogP contribution in [-0.4, -0.2) is 18.2 Å². The van der Waals surface area contributed by atoms with Crippen LogP contribution in [0.15, 0.2) is 40.7 Å². The van der Waals surface area contributed by atoms with Crippen molar-refractivity contribution in [3.63, 3.8) is 0 Å². The van der Waals surface area contributed by atoms with Crippen LogP contribution in [0.3, 0.4) is 0 Å². The highest BCUT2D eigenvalue weighted by Crippen LogP contribution is 2.29. The second-order valence-electron chi connectivity index (χ2n) is 4.92. The summed E-state index contributed by atoms with van der Waals surface area (Å²) in [6, 6.07) is 8.00. The number of anilines is 1. The van der Waals surface area contributed by atoms with Crippen LogP contribution in [0.2, 0.25) is 19.4 Å². The Morgan fingerprint density at radius 2 is 1.84 bits per heavy atom. The Balaban J connectivity index is 1.83. The lowest BCUT2D eigenvalue weighted by atomic mass is 10.2. The Kier molecular flexibility index (Phi) is 5.53. The molecule has 132 valence electrons. The number of nitrogens with one attached hydrogen (secondary N) is 1. The van der Waals surface area contributed by atoms with Gasteiger partial charge in [0.2, 0.25) is 0 Å². The highest BCUT2D eigenvalue weighted by Gasteiger charge is 2.20. The summed E-state index contributed by atoms with van der Waals surface area (Å²) in [4.78, 5) is 0. The van der Waals surface area contributed by atoms with Crippen LogP contribution in [0.4, 0.5) is 5.82 Å². The van der Waals surface area contributed by atoms with Gasteiger partial charge in [0.25, 0.3) is 10.0 Å². The second kappa shape index (κ2) is 7.34.